The van der Waals surface area contributed by atoms with Crippen LogP contribution < -0.4 is 14.8 Å². The van der Waals surface area contributed by atoms with Crippen molar-refractivity contribution in [1.82, 2.24) is 34.7 Å². The van der Waals surface area contributed by atoms with Crippen LogP contribution in [0, 0.1) is 13.8 Å². The van der Waals surface area contributed by atoms with Gasteiger partial charge in [-0.05, 0) is 45.2 Å². The van der Waals surface area contributed by atoms with E-state index in [0.717, 1.165) is 29.6 Å². The maximum Gasteiger partial charge on any atom is 0.233 e. The molecule has 11 heteroatoms. The lowest BCUT2D eigenvalue weighted by Gasteiger charge is -2.25. The highest BCUT2D eigenvalue weighted by atomic mass is 32.2. The van der Waals surface area contributed by atoms with Gasteiger partial charge in [0.15, 0.2) is 28.1 Å². The molecule has 1 aromatic carbocycles. The van der Waals surface area contributed by atoms with Crippen LogP contribution in [0.1, 0.15) is 62.7 Å². The van der Waals surface area contributed by atoms with E-state index >= 15 is 0 Å². The Balaban J connectivity index is 1.51. The average molecular weight is 552 g/mol. The van der Waals surface area contributed by atoms with E-state index in [1.807, 2.05) is 37.6 Å². The molecule has 0 bridgehead atoms. The zero-order valence-electron chi connectivity index (χ0n) is 23.4. The van der Waals surface area contributed by atoms with E-state index in [2.05, 4.69) is 16.5 Å². The lowest BCUT2D eigenvalue weighted by molar-refractivity contribution is -0.121. The molecule has 1 aliphatic carbocycles. The van der Waals surface area contributed by atoms with Crippen LogP contribution in [0.25, 0.3) is 16.6 Å². The van der Waals surface area contributed by atoms with Crippen molar-refractivity contribution in [3.05, 3.63) is 35.4 Å². The van der Waals surface area contributed by atoms with Crippen LogP contribution in [0.15, 0.2) is 23.4 Å². The third kappa shape index (κ3) is 5.83. The van der Waals surface area contributed by atoms with Gasteiger partial charge in [0.1, 0.15) is 0 Å². The van der Waals surface area contributed by atoms with Crippen LogP contribution in [-0.4, -0.2) is 60.8 Å². The maximum absolute atomic E-state index is 13.3. The lowest BCUT2D eigenvalue weighted by Crippen LogP contribution is -2.41. The first kappa shape index (κ1) is 27.2. The van der Waals surface area contributed by atoms with E-state index in [1.54, 1.807) is 18.7 Å². The minimum absolute atomic E-state index is 0.0571. The van der Waals surface area contributed by atoms with Gasteiger partial charge in [0.05, 0.1) is 30.7 Å². The van der Waals surface area contributed by atoms with Gasteiger partial charge in [-0.2, -0.15) is 9.61 Å². The molecule has 3 aromatic heterocycles. The molecule has 1 amide bonds. The number of amides is 1. The number of thioether (sulfide) groups is 1. The number of nitrogens with one attached hydrogen (secondary N) is 1. The van der Waals surface area contributed by atoms with Gasteiger partial charge in [0.25, 0.3) is 0 Å². The van der Waals surface area contributed by atoms with Crippen molar-refractivity contribution in [1.29, 1.82) is 0 Å². The molecule has 5 rings (SSSR count). The second-order valence-electron chi connectivity index (χ2n) is 10.1. The fraction of sp³-hybridized carbons (Fsp3) is 0.536. The second-order valence-corrected chi connectivity index (χ2v) is 11.3. The number of benzene rings is 1. The molecule has 0 spiro atoms. The molecule has 1 atom stereocenters. The summed E-state index contributed by atoms with van der Waals surface area (Å²) in [4.78, 5) is 23.1. The molecule has 0 aliphatic heterocycles. The molecular formula is C28H37N7O3S. The molecule has 10 nitrogen and oxygen atoms in total. The summed E-state index contributed by atoms with van der Waals surface area (Å²) in [6.45, 7) is 6.74. The zero-order valence-corrected chi connectivity index (χ0v) is 24.2. The number of nitrogens with zero attached hydrogens (tertiary/aromatic N) is 6. The van der Waals surface area contributed by atoms with Gasteiger partial charge >= 0.3 is 0 Å². The van der Waals surface area contributed by atoms with Crippen molar-refractivity contribution in [2.24, 2.45) is 0 Å². The summed E-state index contributed by atoms with van der Waals surface area (Å²) < 4.78 is 14.8. The Morgan fingerprint density at radius 3 is 2.49 bits per heavy atom. The molecule has 1 N–H and O–H groups in total. The third-order valence-corrected chi connectivity index (χ3v) is 8.61. The van der Waals surface area contributed by atoms with Crippen molar-refractivity contribution in [3.8, 4) is 11.5 Å². The van der Waals surface area contributed by atoms with Crippen LogP contribution in [-0.2, 0) is 17.8 Å². The van der Waals surface area contributed by atoms with E-state index < -0.39 is 0 Å². The zero-order chi connectivity index (χ0) is 27.5. The van der Waals surface area contributed by atoms with Crippen LogP contribution in [0.3, 0.4) is 0 Å². The normalized spacial score (nSPS) is 15.1. The first-order chi connectivity index (χ1) is 18.9. The maximum atomic E-state index is 13.3. The summed E-state index contributed by atoms with van der Waals surface area (Å²) in [5, 5.41) is 13.8. The Labute approximate surface area is 232 Å². The van der Waals surface area contributed by atoms with Gasteiger partial charge in [-0.15, -0.1) is 5.10 Å². The topological polar surface area (TPSA) is 108 Å². The van der Waals surface area contributed by atoms with Gasteiger partial charge in [0, 0.05) is 36.2 Å². The molecule has 1 fully saturated rings. The number of methoxy groups -OCH3 is 2. The molecule has 0 saturated heterocycles. The molecule has 208 valence electrons. The number of aromatic nitrogens is 6. The van der Waals surface area contributed by atoms with Crippen LogP contribution in [0.5, 0.6) is 11.5 Å². The quantitative estimate of drug-likeness (QED) is 0.224. The molecule has 0 radical (unpaired) electrons. The number of carbonyl (C=O) groups excluding carboxylic acids is 1. The molecule has 39 heavy (non-hydrogen) atoms. The largest absolute Gasteiger partial charge is 0.493 e. The summed E-state index contributed by atoms with van der Waals surface area (Å²) in [5.41, 5.74) is 3.48. The molecular weight excluding hydrogens is 514 g/mol. The Morgan fingerprint density at radius 2 is 1.82 bits per heavy atom. The smallest absolute Gasteiger partial charge is 0.233 e. The highest BCUT2D eigenvalue weighted by Gasteiger charge is 2.25. The van der Waals surface area contributed by atoms with E-state index in [1.165, 1.54) is 31.0 Å². The van der Waals surface area contributed by atoms with Crippen molar-refractivity contribution in [2.45, 2.75) is 88.7 Å². The number of aryl methyl sites for hydroxylation is 4. The summed E-state index contributed by atoms with van der Waals surface area (Å²) in [6, 6.07) is 6.06. The lowest BCUT2D eigenvalue weighted by atomic mass is 9.95. The van der Waals surface area contributed by atoms with Gasteiger partial charge in [-0.1, -0.05) is 37.9 Å². The average Bonchev–Trinajstić information content (AvgIpc) is 3.52. The minimum Gasteiger partial charge on any atom is -0.493 e. The van der Waals surface area contributed by atoms with E-state index in [4.69, 9.17) is 24.5 Å². The fourth-order valence-corrected chi connectivity index (χ4v) is 6.21. The first-order valence-electron chi connectivity index (χ1n) is 13.7. The van der Waals surface area contributed by atoms with Crippen LogP contribution >= 0.6 is 11.8 Å². The standard InChI is InChI=1S/C28H37N7O3S/c1-6-24(27(36)29-19-10-8-7-9-11-19)39-28-30-21-16-23(38-5)22(37-4)15-20(21)26-31-25(33-35(26)28)12-13-34-18(3)14-17(2)32-34/h14-16,19,24H,6-13H2,1-5H3,(H,29,36). The molecule has 3 heterocycles. The van der Waals surface area contributed by atoms with E-state index in [9.17, 15) is 4.79 Å². The van der Waals surface area contributed by atoms with Crippen molar-refractivity contribution in [3.63, 3.8) is 0 Å². The number of rotatable bonds is 10. The van der Waals surface area contributed by atoms with E-state index in [0.29, 0.717) is 53.0 Å². The molecule has 4 aromatic rings. The number of fused-ring (bicyclic) bond motifs is 3. The van der Waals surface area contributed by atoms with Crippen molar-refractivity contribution >= 4 is 34.2 Å². The number of carbonyl (C=O) groups is 1. The summed E-state index contributed by atoms with van der Waals surface area (Å²) >= 11 is 1.43. The Kier molecular flexibility index (Phi) is 8.25. The molecule has 1 saturated carbocycles. The Hall–Kier alpha value is -3.34. The highest BCUT2D eigenvalue weighted by molar-refractivity contribution is 8.00. The van der Waals surface area contributed by atoms with Crippen molar-refractivity contribution in [2.75, 3.05) is 14.2 Å². The third-order valence-electron chi connectivity index (χ3n) is 7.30. The predicted octanol–water partition coefficient (Wildman–Crippen LogP) is 4.67. The first-order valence-corrected chi connectivity index (χ1v) is 14.6. The summed E-state index contributed by atoms with van der Waals surface area (Å²) in [6.07, 6.45) is 6.99. The monoisotopic (exact) mass is 551 g/mol. The van der Waals surface area contributed by atoms with Crippen molar-refractivity contribution < 1.29 is 14.3 Å². The molecule has 1 unspecified atom stereocenters. The second kappa shape index (κ2) is 11.8. The van der Waals surface area contributed by atoms with Crippen LogP contribution in [0.4, 0.5) is 0 Å². The van der Waals surface area contributed by atoms with Gasteiger partial charge in [0.2, 0.25) is 5.91 Å². The highest BCUT2D eigenvalue weighted by Crippen LogP contribution is 2.35. The molecule has 1 aliphatic rings. The summed E-state index contributed by atoms with van der Waals surface area (Å²) in [5.74, 6) is 1.93. The fourth-order valence-electron chi connectivity index (χ4n) is 5.23. The van der Waals surface area contributed by atoms with Gasteiger partial charge < -0.3 is 14.8 Å². The Bertz CT molecular complexity index is 1480. The number of ether oxygens (including phenoxy) is 2. The van der Waals surface area contributed by atoms with E-state index in [-0.39, 0.29) is 17.2 Å². The minimum atomic E-state index is -0.289. The number of hydrogen-bond acceptors (Lipinski definition) is 8. The SMILES string of the molecule is CCC(Sc1nc2cc(OC)c(OC)cc2c2nc(CCn3nc(C)cc3C)nn12)C(=O)NC1CCCCC1. The Morgan fingerprint density at radius 1 is 1.08 bits per heavy atom. The summed E-state index contributed by atoms with van der Waals surface area (Å²) in [7, 11) is 3.22. The number of hydrogen-bond donors (Lipinski definition) is 1. The van der Waals surface area contributed by atoms with Gasteiger partial charge in [-0.3, -0.25) is 9.48 Å². The predicted molar refractivity (Wildman–Crippen MR) is 152 cm³/mol. The van der Waals surface area contributed by atoms with Crippen LogP contribution in [0.2, 0.25) is 0 Å². The van der Waals surface area contributed by atoms with Gasteiger partial charge in [-0.25, -0.2) is 9.97 Å².